The number of rotatable bonds is 7. The molecule has 0 aliphatic carbocycles. The molecule has 0 fully saturated rings. The second-order valence-electron chi connectivity index (χ2n) is 7.58. The number of furan rings is 1. The fourth-order valence-electron chi connectivity index (χ4n) is 3.46. The first-order valence-corrected chi connectivity index (χ1v) is 10.7. The van der Waals surface area contributed by atoms with Crippen molar-refractivity contribution in [3.63, 3.8) is 0 Å². The minimum absolute atomic E-state index is 0.00593. The number of aromatic nitrogens is 1. The average Bonchev–Trinajstić information content (AvgIpc) is 3.37. The lowest BCUT2D eigenvalue weighted by Crippen LogP contribution is -2.14. The van der Waals surface area contributed by atoms with E-state index in [1.165, 1.54) is 31.5 Å². The summed E-state index contributed by atoms with van der Waals surface area (Å²) >= 11 is 0. The van der Waals surface area contributed by atoms with E-state index in [0.29, 0.717) is 16.7 Å². The van der Waals surface area contributed by atoms with Crippen LogP contribution in [0.15, 0.2) is 77.5 Å². The van der Waals surface area contributed by atoms with Crippen LogP contribution >= 0.6 is 0 Å². The summed E-state index contributed by atoms with van der Waals surface area (Å²) in [6, 6.07) is 15.8. The summed E-state index contributed by atoms with van der Waals surface area (Å²) in [5, 5.41) is 5.11. The third kappa shape index (κ3) is 5.29. The molecule has 36 heavy (non-hydrogen) atoms. The largest absolute Gasteiger partial charge is 0.463 e. The van der Waals surface area contributed by atoms with Crippen LogP contribution in [0.4, 0.5) is 16.0 Å². The van der Waals surface area contributed by atoms with Gasteiger partial charge in [-0.25, -0.2) is 9.18 Å². The number of amides is 2. The van der Waals surface area contributed by atoms with Gasteiger partial charge in [-0.15, -0.1) is 0 Å². The van der Waals surface area contributed by atoms with Gasteiger partial charge in [-0.2, -0.15) is 0 Å². The Morgan fingerprint density at radius 1 is 1.00 bits per heavy atom. The van der Waals surface area contributed by atoms with E-state index in [-0.39, 0.29) is 29.4 Å². The molecule has 0 radical (unpaired) electrons. The normalized spacial score (nSPS) is 10.5. The highest BCUT2D eigenvalue weighted by Crippen LogP contribution is 2.27. The molecule has 4 rings (SSSR count). The van der Waals surface area contributed by atoms with E-state index in [1.807, 2.05) is 0 Å². The Morgan fingerprint density at radius 2 is 1.78 bits per heavy atom. The van der Waals surface area contributed by atoms with Crippen LogP contribution in [0.1, 0.15) is 36.8 Å². The molecule has 2 heterocycles. The molecular weight excluding hydrogens is 467 g/mol. The lowest BCUT2D eigenvalue weighted by atomic mass is 9.95. The summed E-state index contributed by atoms with van der Waals surface area (Å²) in [5.41, 5.74) is 8.52. The van der Waals surface area contributed by atoms with Crippen LogP contribution in [-0.4, -0.2) is 29.9 Å². The molecule has 0 saturated heterocycles. The molecule has 2 aromatic carbocycles. The number of esters is 1. The number of halogens is 1. The Labute approximate surface area is 205 Å². The molecule has 9 nitrogen and oxygen atoms in total. The molecule has 0 unspecified atom stereocenters. The van der Waals surface area contributed by atoms with E-state index in [2.05, 4.69) is 20.4 Å². The molecule has 0 atom stereocenters. The number of nitrogens with zero attached hydrogens (tertiary/aromatic N) is 1. The smallest absolute Gasteiger partial charge is 0.374 e. The Morgan fingerprint density at radius 3 is 2.53 bits per heavy atom. The van der Waals surface area contributed by atoms with Crippen LogP contribution in [0.5, 0.6) is 0 Å². The average molecular weight is 488 g/mol. The molecule has 2 aromatic heterocycles. The van der Waals surface area contributed by atoms with Crippen molar-refractivity contribution in [3.8, 4) is 11.1 Å². The van der Waals surface area contributed by atoms with Crippen molar-refractivity contribution in [2.45, 2.75) is 6.54 Å². The summed E-state index contributed by atoms with van der Waals surface area (Å²) in [6.45, 7) is 0.190. The van der Waals surface area contributed by atoms with Crippen molar-refractivity contribution in [2.24, 2.45) is 5.73 Å². The van der Waals surface area contributed by atoms with Crippen LogP contribution in [0, 0.1) is 5.82 Å². The van der Waals surface area contributed by atoms with Crippen LogP contribution in [0.2, 0.25) is 0 Å². The van der Waals surface area contributed by atoms with Crippen LogP contribution < -0.4 is 16.4 Å². The minimum Gasteiger partial charge on any atom is -0.463 e. The number of nitrogens with two attached hydrogens (primary N) is 1. The molecule has 0 aliphatic heterocycles. The maximum Gasteiger partial charge on any atom is 0.374 e. The molecule has 0 bridgehead atoms. The van der Waals surface area contributed by atoms with E-state index in [9.17, 15) is 18.8 Å². The number of carbonyl (C=O) groups excluding carboxylic acids is 3. The molecule has 4 N–H and O–H groups in total. The van der Waals surface area contributed by atoms with Gasteiger partial charge in [-0.3, -0.25) is 19.9 Å². The quantitative estimate of drug-likeness (QED) is 0.331. The first-order chi connectivity index (χ1) is 17.4. The summed E-state index contributed by atoms with van der Waals surface area (Å²) in [4.78, 5) is 40.8. The third-order valence-electron chi connectivity index (χ3n) is 5.28. The predicted octanol–water partition coefficient (Wildman–Crippen LogP) is 4.23. The zero-order valence-electron chi connectivity index (χ0n) is 19.1. The van der Waals surface area contributed by atoms with E-state index in [4.69, 9.17) is 10.2 Å². The number of methoxy groups -OCH3 is 1. The monoisotopic (exact) mass is 488 g/mol. The molecule has 0 saturated carbocycles. The van der Waals surface area contributed by atoms with Gasteiger partial charge in [-0.1, -0.05) is 18.2 Å². The van der Waals surface area contributed by atoms with E-state index >= 15 is 0 Å². The van der Waals surface area contributed by atoms with Crippen molar-refractivity contribution in [1.29, 1.82) is 0 Å². The number of anilines is 2. The van der Waals surface area contributed by atoms with Gasteiger partial charge >= 0.3 is 5.97 Å². The molecule has 4 aromatic rings. The fourth-order valence-corrected chi connectivity index (χ4v) is 3.46. The maximum atomic E-state index is 13.9. The van der Waals surface area contributed by atoms with Crippen molar-refractivity contribution < 1.29 is 27.9 Å². The topological polar surface area (TPSA) is 137 Å². The first-order valence-electron chi connectivity index (χ1n) is 10.7. The molecular formula is C26H21FN4O5. The van der Waals surface area contributed by atoms with Gasteiger partial charge < -0.3 is 20.2 Å². The van der Waals surface area contributed by atoms with Gasteiger partial charge in [0.05, 0.1) is 19.0 Å². The van der Waals surface area contributed by atoms with Gasteiger partial charge in [0.15, 0.2) is 5.82 Å². The lowest BCUT2D eigenvalue weighted by Gasteiger charge is -2.13. The highest BCUT2D eigenvalue weighted by Gasteiger charge is 2.16. The summed E-state index contributed by atoms with van der Waals surface area (Å²) < 4.78 is 23.8. The molecule has 2 amide bonds. The summed E-state index contributed by atoms with van der Waals surface area (Å²) in [6.07, 6.45) is 2.38. The highest BCUT2D eigenvalue weighted by molar-refractivity contribution is 6.06. The van der Waals surface area contributed by atoms with Crippen molar-refractivity contribution in [2.75, 3.05) is 17.7 Å². The fraction of sp³-hybridized carbons (Fsp3) is 0.0769. The SMILES string of the molecule is COC(=O)c1ccc(NC(=O)c2cccc(-c3cc(C(=O)Nc4ccncc4F)ccc3CN)c2)o1. The van der Waals surface area contributed by atoms with Gasteiger partial charge in [0, 0.05) is 29.9 Å². The molecule has 0 aliphatic rings. The number of pyridine rings is 1. The van der Waals surface area contributed by atoms with Crippen LogP contribution in [0.25, 0.3) is 11.1 Å². The second kappa shape index (κ2) is 10.6. The molecule has 0 spiro atoms. The van der Waals surface area contributed by atoms with Gasteiger partial charge in [0.1, 0.15) is 0 Å². The standard InChI is InChI=1S/C26H21FN4O5/c1-35-26(34)22-7-8-23(36-22)31-25(33)16-4-2-3-15(11-16)19-12-17(5-6-18(19)13-28)24(32)30-21-9-10-29-14-20(21)27/h2-12,14H,13,28H2,1H3,(H,31,33)(H,29,30,32). The minimum atomic E-state index is -0.664. The zero-order valence-corrected chi connectivity index (χ0v) is 19.1. The summed E-state index contributed by atoms with van der Waals surface area (Å²) in [5.74, 6) is -2.27. The van der Waals surface area contributed by atoms with Crippen LogP contribution in [-0.2, 0) is 11.3 Å². The summed E-state index contributed by atoms with van der Waals surface area (Å²) in [7, 11) is 1.22. The second-order valence-corrected chi connectivity index (χ2v) is 7.58. The van der Waals surface area contributed by atoms with E-state index in [1.54, 1.807) is 42.5 Å². The van der Waals surface area contributed by atoms with E-state index in [0.717, 1.165) is 11.8 Å². The van der Waals surface area contributed by atoms with E-state index < -0.39 is 23.6 Å². The zero-order chi connectivity index (χ0) is 25.7. The van der Waals surface area contributed by atoms with Crippen molar-refractivity contribution >= 4 is 29.4 Å². The number of hydrogen-bond acceptors (Lipinski definition) is 7. The van der Waals surface area contributed by atoms with Gasteiger partial charge in [0.25, 0.3) is 11.8 Å². The molecule has 10 heteroatoms. The number of hydrogen-bond donors (Lipinski definition) is 3. The van der Waals surface area contributed by atoms with Crippen LogP contribution in [0.3, 0.4) is 0 Å². The van der Waals surface area contributed by atoms with Gasteiger partial charge in [0.2, 0.25) is 11.6 Å². The van der Waals surface area contributed by atoms with Gasteiger partial charge in [-0.05, 0) is 53.1 Å². The number of ether oxygens (including phenoxy) is 1. The Balaban J connectivity index is 1.59. The predicted molar refractivity (Wildman–Crippen MR) is 130 cm³/mol. The highest BCUT2D eigenvalue weighted by atomic mass is 19.1. The van der Waals surface area contributed by atoms with Crippen molar-refractivity contribution in [1.82, 2.24) is 4.98 Å². The molecule has 182 valence electrons. The number of nitrogens with one attached hydrogen (secondary N) is 2. The first kappa shape index (κ1) is 24.3. The Hall–Kier alpha value is -4.83. The Bertz CT molecular complexity index is 1450. The third-order valence-corrected chi connectivity index (χ3v) is 5.28. The Kier molecular flexibility index (Phi) is 7.17. The maximum absolute atomic E-state index is 13.9. The van der Waals surface area contributed by atoms with Crippen molar-refractivity contribution in [3.05, 3.63) is 101 Å². The number of carbonyl (C=O) groups is 3. The lowest BCUT2D eigenvalue weighted by molar-refractivity contribution is 0.0565. The number of benzene rings is 2.